The molecule has 1 aromatic carbocycles. The van der Waals surface area contributed by atoms with Gasteiger partial charge in [0.15, 0.2) is 0 Å². The van der Waals surface area contributed by atoms with E-state index in [2.05, 4.69) is 10.4 Å². The van der Waals surface area contributed by atoms with Crippen molar-refractivity contribution in [2.45, 2.75) is 12.5 Å². The summed E-state index contributed by atoms with van der Waals surface area (Å²) >= 11 is 1.45. The largest absolute Gasteiger partial charge is 0.383 e. The van der Waals surface area contributed by atoms with Gasteiger partial charge in [-0.05, 0) is 24.4 Å². The predicted octanol–water partition coefficient (Wildman–Crippen LogP) is 2.27. The normalized spacial score (nSPS) is 14.0. The Morgan fingerprint density at radius 1 is 1.45 bits per heavy atom. The highest BCUT2D eigenvalue weighted by atomic mass is 32.1. The second-order valence-electron chi connectivity index (χ2n) is 5.51. The molecule has 3 rings (SSSR count). The SMILES string of the molecule is Cn1cc(C(C)(O)CNC(=O)c2cc3ccccc3s2)cn1. The number of thiophene rings is 1. The molecule has 2 N–H and O–H groups in total. The number of amides is 1. The van der Waals surface area contributed by atoms with Crippen LogP contribution in [0.2, 0.25) is 0 Å². The van der Waals surface area contributed by atoms with E-state index in [4.69, 9.17) is 0 Å². The van der Waals surface area contributed by atoms with Gasteiger partial charge in [-0.3, -0.25) is 9.48 Å². The lowest BCUT2D eigenvalue weighted by atomic mass is 10.00. The minimum Gasteiger partial charge on any atom is -0.383 e. The Bertz CT molecular complexity index is 787. The maximum atomic E-state index is 12.3. The zero-order chi connectivity index (χ0) is 15.7. The molecule has 1 amide bonds. The summed E-state index contributed by atoms with van der Waals surface area (Å²) in [6, 6.07) is 9.74. The fourth-order valence-corrected chi connectivity index (χ4v) is 3.21. The van der Waals surface area contributed by atoms with Crippen LogP contribution in [0.25, 0.3) is 10.1 Å². The van der Waals surface area contributed by atoms with Crippen molar-refractivity contribution in [1.82, 2.24) is 15.1 Å². The Morgan fingerprint density at radius 2 is 2.23 bits per heavy atom. The fourth-order valence-electron chi connectivity index (χ4n) is 2.23. The number of aryl methyl sites for hydroxylation is 1. The number of hydrogen-bond donors (Lipinski definition) is 2. The number of nitrogens with one attached hydrogen (secondary N) is 1. The predicted molar refractivity (Wildman–Crippen MR) is 86.9 cm³/mol. The van der Waals surface area contributed by atoms with Crippen molar-refractivity contribution < 1.29 is 9.90 Å². The van der Waals surface area contributed by atoms with Crippen molar-refractivity contribution in [1.29, 1.82) is 0 Å². The first-order chi connectivity index (χ1) is 10.5. The number of hydrogen-bond acceptors (Lipinski definition) is 4. The summed E-state index contributed by atoms with van der Waals surface area (Å²) in [5.41, 5.74) is -0.479. The molecule has 0 aliphatic carbocycles. The summed E-state index contributed by atoms with van der Waals surface area (Å²) in [6.07, 6.45) is 3.34. The summed E-state index contributed by atoms with van der Waals surface area (Å²) in [4.78, 5) is 12.9. The van der Waals surface area contributed by atoms with Crippen molar-refractivity contribution in [3.8, 4) is 0 Å². The molecule has 22 heavy (non-hydrogen) atoms. The standard InChI is InChI=1S/C16H17N3O2S/c1-16(21,12-8-18-19(2)9-12)10-17-15(20)14-7-11-5-3-4-6-13(11)22-14/h3-9,21H,10H2,1-2H3,(H,17,20). The Balaban J connectivity index is 1.71. The van der Waals surface area contributed by atoms with Crippen LogP contribution in [-0.4, -0.2) is 27.3 Å². The van der Waals surface area contributed by atoms with Crippen molar-refractivity contribution in [3.63, 3.8) is 0 Å². The molecular weight excluding hydrogens is 298 g/mol. The third-order valence-electron chi connectivity index (χ3n) is 3.57. The first-order valence-corrected chi connectivity index (χ1v) is 7.76. The van der Waals surface area contributed by atoms with E-state index in [9.17, 15) is 9.90 Å². The molecule has 0 radical (unpaired) electrons. The summed E-state index contributed by atoms with van der Waals surface area (Å²) in [6.45, 7) is 1.79. The number of aromatic nitrogens is 2. The molecule has 0 bridgehead atoms. The van der Waals surface area contributed by atoms with Gasteiger partial charge >= 0.3 is 0 Å². The smallest absolute Gasteiger partial charge is 0.261 e. The van der Waals surface area contributed by atoms with E-state index in [0.717, 1.165) is 10.1 Å². The first kappa shape index (κ1) is 14.7. The van der Waals surface area contributed by atoms with Crippen LogP contribution in [0.5, 0.6) is 0 Å². The molecule has 114 valence electrons. The van der Waals surface area contributed by atoms with Crippen LogP contribution in [0.4, 0.5) is 0 Å². The average molecular weight is 315 g/mol. The molecule has 6 heteroatoms. The minimum atomic E-state index is -1.15. The molecule has 0 spiro atoms. The molecule has 1 unspecified atom stereocenters. The van der Waals surface area contributed by atoms with Gasteiger partial charge in [0.25, 0.3) is 5.91 Å². The van der Waals surface area contributed by atoms with Gasteiger partial charge in [0.1, 0.15) is 5.60 Å². The van der Waals surface area contributed by atoms with E-state index < -0.39 is 5.60 Å². The number of carbonyl (C=O) groups is 1. The number of rotatable bonds is 4. The Hall–Kier alpha value is -2.18. The van der Waals surface area contributed by atoms with Gasteiger partial charge in [-0.1, -0.05) is 18.2 Å². The number of carbonyl (C=O) groups excluding carboxylic acids is 1. The zero-order valence-electron chi connectivity index (χ0n) is 12.4. The van der Waals surface area contributed by atoms with Crippen molar-refractivity contribution in [2.24, 2.45) is 7.05 Å². The van der Waals surface area contributed by atoms with E-state index in [1.165, 1.54) is 11.3 Å². The molecule has 0 saturated carbocycles. The number of aliphatic hydroxyl groups is 1. The second kappa shape index (κ2) is 5.55. The lowest BCUT2D eigenvalue weighted by Crippen LogP contribution is -2.38. The maximum Gasteiger partial charge on any atom is 0.261 e. The highest BCUT2D eigenvalue weighted by Crippen LogP contribution is 2.25. The summed E-state index contributed by atoms with van der Waals surface area (Å²) in [7, 11) is 1.79. The fraction of sp³-hybridized carbons (Fsp3) is 0.250. The molecular formula is C16H17N3O2S. The van der Waals surface area contributed by atoms with E-state index in [1.807, 2.05) is 30.3 Å². The van der Waals surface area contributed by atoms with Gasteiger partial charge in [-0.15, -0.1) is 11.3 Å². The van der Waals surface area contributed by atoms with E-state index in [-0.39, 0.29) is 12.5 Å². The Labute approximate surface area is 132 Å². The van der Waals surface area contributed by atoms with Crippen LogP contribution < -0.4 is 5.32 Å². The monoisotopic (exact) mass is 315 g/mol. The average Bonchev–Trinajstić information content (AvgIpc) is 3.11. The maximum absolute atomic E-state index is 12.3. The van der Waals surface area contributed by atoms with Crippen molar-refractivity contribution in [3.05, 3.63) is 53.2 Å². The molecule has 0 aliphatic heterocycles. The van der Waals surface area contributed by atoms with Crippen LogP contribution >= 0.6 is 11.3 Å². The number of benzene rings is 1. The van der Waals surface area contributed by atoms with Crippen LogP contribution in [0, 0.1) is 0 Å². The molecule has 0 fully saturated rings. The summed E-state index contributed by atoms with van der Waals surface area (Å²) < 4.78 is 2.70. The van der Waals surface area contributed by atoms with Gasteiger partial charge in [0.2, 0.25) is 0 Å². The highest BCUT2D eigenvalue weighted by Gasteiger charge is 2.25. The molecule has 2 heterocycles. The second-order valence-corrected chi connectivity index (χ2v) is 6.59. The Kier molecular flexibility index (Phi) is 3.72. The van der Waals surface area contributed by atoms with E-state index in [1.54, 1.807) is 31.0 Å². The molecule has 0 aliphatic rings. The number of nitrogens with zero attached hydrogens (tertiary/aromatic N) is 2. The van der Waals surface area contributed by atoms with Gasteiger partial charge in [-0.2, -0.15) is 5.10 Å². The third-order valence-corrected chi connectivity index (χ3v) is 4.68. The lowest BCUT2D eigenvalue weighted by Gasteiger charge is -2.22. The van der Waals surface area contributed by atoms with Crippen molar-refractivity contribution in [2.75, 3.05) is 6.54 Å². The zero-order valence-corrected chi connectivity index (χ0v) is 13.2. The molecule has 3 aromatic rings. The Morgan fingerprint density at radius 3 is 2.91 bits per heavy atom. The molecule has 1 atom stereocenters. The van der Waals surface area contributed by atoms with Gasteiger partial charge < -0.3 is 10.4 Å². The summed E-state index contributed by atoms with van der Waals surface area (Å²) in [5.74, 6) is -0.176. The minimum absolute atomic E-state index is 0.131. The van der Waals surface area contributed by atoms with Gasteiger partial charge in [0, 0.05) is 23.5 Å². The van der Waals surface area contributed by atoms with Gasteiger partial charge in [-0.25, -0.2) is 0 Å². The van der Waals surface area contributed by atoms with E-state index >= 15 is 0 Å². The third kappa shape index (κ3) is 2.88. The van der Waals surface area contributed by atoms with E-state index in [0.29, 0.717) is 10.4 Å². The van der Waals surface area contributed by atoms with Gasteiger partial charge in [0.05, 0.1) is 17.6 Å². The van der Waals surface area contributed by atoms with Crippen LogP contribution in [-0.2, 0) is 12.6 Å². The molecule has 0 saturated heterocycles. The topological polar surface area (TPSA) is 67.2 Å². The highest BCUT2D eigenvalue weighted by molar-refractivity contribution is 7.20. The number of fused-ring (bicyclic) bond motifs is 1. The van der Waals surface area contributed by atoms with Crippen LogP contribution in [0.3, 0.4) is 0 Å². The molecule has 2 aromatic heterocycles. The molecule has 5 nitrogen and oxygen atoms in total. The van der Waals surface area contributed by atoms with Crippen molar-refractivity contribution >= 4 is 27.3 Å². The first-order valence-electron chi connectivity index (χ1n) is 6.94. The lowest BCUT2D eigenvalue weighted by molar-refractivity contribution is 0.0527. The van der Waals surface area contributed by atoms with Crippen LogP contribution in [0.1, 0.15) is 22.2 Å². The summed E-state index contributed by atoms with van der Waals surface area (Å²) in [5, 5.41) is 18.4. The quantitative estimate of drug-likeness (QED) is 0.776. The van der Waals surface area contributed by atoms with Crippen LogP contribution in [0.15, 0.2) is 42.7 Å².